The summed E-state index contributed by atoms with van der Waals surface area (Å²) >= 11 is 9.19. The number of fused-ring (bicyclic) bond motifs is 1. The van der Waals surface area contributed by atoms with Gasteiger partial charge in [-0.25, -0.2) is 0 Å². The molecule has 1 aliphatic heterocycles. The van der Waals surface area contributed by atoms with E-state index in [0.29, 0.717) is 13.2 Å². The molecule has 0 bridgehead atoms. The van der Waals surface area contributed by atoms with Crippen molar-refractivity contribution in [1.82, 2.24) is 0 Å². The first-order chi connectivity index (χ1) is 9.15. The second-order valence-corrected chi connectivity index (χ2v) is 7.42. The number of hydrogen-bond donors (Lipinski definition) is 0. The maximum absolute atomic E-state index is 5.65. The average Bonchev–Trinajstić information content (AvgIpc) is 2.84. The van der Waals surface area contributed by atoms with Gasteiger partial charge in [0.1, 0.15) is 13.2 Å². The van der Waals surface area contributed by atoms with Crippen LogP contribution in [0.2, 0.25) is 0 Å². The standard InChI is InChI=1S/C14H12Br2O2S/c1-8-2-3-13(19-8)14(16)9-6-11-12(7-10(9)15)18-5-4-17-11/h2-3,6-7,14H,4-5H2,1H3. The van der Waals surface area contributed by atoms with Crippen molar-refractivity contribution in [3.8, 4) is 11.5 Å². The summed E-state index contributed by atoms with van der Waals surface area (Å²) in [5.41, 5.74) is 1.16. The van der Waals surface area contributed by atoms with Gasteiger partial charge in [0.25, 0.3) is 0 Å². The quantitative estimate of drug-likeness (QED) is 0.651. The van der Waals surface area contributed by atoms with Gasteiger partial charge in [-0.2, -0.15) is 0 Å². The summed E-state index contributed by atoms with van der Waals surface area (Å²) < 4.78 is 12.3. The second kappa shape index (κ2) is 5.46. The van der Waals surface area contributed by atoms with Crippen molar-refractivity contribution in [1.29, 1.82) is 0 Å². The summed E-state index contributed by atoms with van der Waals surface area (Å²) in [6, 6.07) is 8.33. The minimum absolute atomic E-state index is 0.163. The number of thiophene rings is 1. The van der Waals surface area contributed by atoms with Gasteiger partial charge < -0.3 is 9.47 Å². The third kappa shape index (κ3) is 2.69. The van der Waals surface area contributed by atoms with Gasteiger partial charge >= 0.3 is 0 Å². The molecule has 0 fully saturated rings. The monoisotopic (exact) mass is 402 g/mol. The zero-order valence-corrected chi connectivity index (χ0v) is 14.3. The van der Waals surface area contributed by atoms with Crippen LogP contribution in [-0.2, 0) is 0 Å². The van der Waals surface area contributed by atoms with Crippen LogP contribution in [-0.4, -0.2) is 13.2 Å². The highest BCUT2D eigenvalue weighted by Crippen LogP contribution is 2.43. The van der Waals surface area contributed by atoms with Crippen LogP contribution in [0.25, 0.3) is 0 Å². The number of ether oxygens (including phenoxy) is 2. The van der Waals surface area contributed by atoms with Gasteiger partial charge in [-0.05, 0) is 36.8 Å². The molecule has 1 atom stereocenters. The van der Waals surface area contributed by atoms with E-state index in [0.717, 1.165) is 21.5 Å². The number of alkyl halides is 1. The Morgan fingerprint density at radius 3 is 2.47 bits per heavy atom. The molecule has 1 aliphatic rings. The molecule has 0 N–H and O–H groups in total. The number of rotatable bonds is 2. The first-order valence-corrected chi connectivity index (χ1v) is 8.47. The Balaban J connectivity index is 2.00. The fourth-order valence-corrected chi connectivity index (χ4v) is 4.56. The van der Waals surface area contributed by atoms with Gasteiger partial charge in [0, 0.05) is 14.2 Å². The summed E-state index contributed by atoms with van der Waals surface area (Å²) in [6.45, 7) is 3.34. The molecule has 2 nitrogen and oxygen atoms in total. The fraction of sp³-hybridized carbons (Fsp3) is 0.286. The molecule has 0 radical (unpaired) electrons. The molecule has 0 aliphatic carbocycles. The largest absolute Gasteiger partial charge is 0.486 e. The van der Waals surface area contributed by atoms with E-state index in [4.69, 9.17) is 9.47 Å². The maximum atomic E-state index is 5.65. The van der Waals surface area contributed by atoms with E-state index >= 15 is 0 Å². The Morgan fingerprint density at radius 1 is 1.16 bits per heavy atom. The third-order valence-electron chi connectivity index (χ3n) is 2.95. The molecule has 0 saturated carbocycles. The van der Waals surface area contributed by atoms with Gasteiger partial charge in [-0.15, -0.1) is 11.3 Å². The van der Waals surface area contributed by atoms with E-state index in [1.807, 2.05) is 12.1 Å². The normalized spacial score (nSPS) is 15.3. The summed E-state index contributed by atoms with van der Waals surface area (Å²) in [4.78, 5) is 2.76. The van der Waals surface area contributed by atoms with E-state index in [1.54, 1.807) is 11.3 Å². The lowest BCUT2D eigenvalue weighted by Crippen LogP contribution is -2.15. The van der Waals surface area contributed by atoms with Gasteiger partial charge in [0.2, 0.25) is 0 Å². The lowest BCUT2D eigenvalue weighted by Gasteiger charge is -2.21. The minimum atomic E-state index is 0.163. The molecule has 2 aromatic rings. The first-order valence-electron chi connectivity index (χ1n) is 5.94. The Kier molecular flexibility index (Phi) is 3.87. The van der Waals surface area contributed by atoms with E-state index in [9.17, 15) is 0 Å². The molecule has 0 spiro atoms. The molecule has 1 unspecified atom stereocenters. The van der Waals surface area contributed by atoms with Gasteiger partial charge in [0.15, 0.2) is 11.5 Å². The highest BCUT2D eigenvalue weighted by atomic mass is 79.9. The van der Waals surface area contributed by atoms with E-state index in [1.165, 1.54) is 9.75 Å². The molecule has 3 rings (SSSR count). The molecule has 0 saturated heterocycles. The summed E-state index contributed by atoms with van der Waals surface area (Å²) in [5, 5.41) is 0. The lowest BCUT2D eigenvalue weighted by atomic mass is 10.1. The second-order valence-electron chi connectivity index (χ2n) is 4.33. The fourth-order valence-electron chi connectivity index (χ4n) is 2.02. The molecule has 1 aromatic heterocycles. The van der Waals surface area contributed by atoms with Gasteiger partial charge in [-0.3, -0.25) is 0 Å². The number of halogens is 2. The molecule has 100 valence electrons. The topological polar surface area (TPSA) is 18.5 Å². The molecule has 5 heteroatoms. The van der Waals surface area contributed by atoms with Crippen LogP contribution in [0.3, 0.4) is 0 Å². The molecule has 2 heterocycles. The van der Waals surface area contributed by atoms with Crippen molar-refractivity contribution in [2.75, 3.05) is 13.2 Å². The van der Waals surface area contributed by atoms with Crippen LogP contribution in [0.15, 0.2) is 28.7 Å². The van der Waals surface area contributed by atoms with E-state index < -0.39 is 0 Å². The van der Waals surface area contributed by atoms with Crippen LogP contribution in [0.5, 0.6) is 11.5 Å². The SMILES string of the molecule is Cc1ccc(C(Br)c2cc3c(cc2Br)OCCO3)s1. The highest BCUT2D eigenvalue weighted by Gasteiger charge is 2.20. The van der Waals surface area contributed by atoms with Crippen molar-refractivity contribution in [2.24, 2.45) is 0 Å². The van der Waals surface area contributed by atoms with Gasteiger partial charge in [-0.1, -0.05) is 31.9 Å². The lowest BCUT2D eigenvalue weighted by molar-refractivity contribution is 0.171. The molecule has 1 aromatic carbocycles. The van der Waals surface area contributed by atoms with Crippen molar-refractivity contribution in [3.05, 3.63) is 44.1 Å². The number of benzene rings is 1. The highest BCUT2D eigenvalue weighted by molar-refractivity contribution is 9.11. The minimum Gasteiger partial charge on any atom is -0.486 e. The smallest absolute Gasteiger partial charge is 0.162 e. The summed E-state index contributed by atoms with van der Waals surface area (Å²) in [7, 11) is 0. The summed E-state index contributed by atoms with van der Waals surface area (Å²) in [5.74, 6) is 1.63. The number of aryl methyl sites for hydroxylation is 1. The Bertz CT molecular complexity index is 609. The maximum Gasteiger partial charge on any atom is 0.162 e. The van der Waals surface area contributed by atoms with Crippen LogP contribution in [0, 0.1) is 6.92 Å². The van der Waals surface area contributed by atoms with Crippen molar-refractivity contribution < 1.29 is 9.47 Å². The Hall–Kier alpha value is -0.520. The van der Waals surface area contributed by atoms with Crippen molar-refractivity contribution in [2.45, 2.75) is 11.8 Å². The Morgan fingerprint density at radius 2 is 1.84 bits per heavy atom. The van der Waals surface area contributed by atoms with E-state index in [-0.39, 0.29) is 4.83 Å². The van der Waals surface area contributed by atoms with Gasteiger partial charge in [0.05, 0.1) is 4.83 Å². The van der Waals surface area contributed by atoms with Crippen LogP contribution >= 0.6 is 43.2 Å². The predicted molar refractivity (Wildman–Crippen MR) is 85.0 cm³/mol. The third-order valence-corrected chi connectivity index (χ3v) is 5.99. The molecular weight excluding hydrogens is 392 g/mol. The van der Waals surface area contributed by atoms with E-state index in [2.05, 4.69) is 50.9 Å². The average molecular weight is 404 g/mol. The van der Waals surface area contributed by atoms with Crippen molar-refractivity contribution >= 4 is 43.2 Å². The summed E-state index contributed by atoms with van der Waals surface area (Å²) in [6.07, 6.45) is 0. The van der Waals surface area contributed by atoms with Crippen LogP contribution < -0.4 is 9.47 Å². The van der Waals surface area contributed by atoms with Crippen LogP contribution in [0.1, 0.15) is 20.1 Å². The molecule has 19 heavy (non-hydrogen) atoms. The molecular formula is C14H12Br2O2S. The predicted octanol–water partition coefficient (Wildman–Crippen LogP) is 5.07. The van der Waals surface area contributed by atoms with Crippen LogP contribution in [0.4, 0.5) is 0 Å². The zero-order valence-electron chi connectivity index (χ0n) is 10.3. The number of hydrogen-bond acceptors (Lipinski definition) is 3. The zero-order chi connectivity index (χ0) is 13.4. The first kappa shape index (κ1) is 13.5. The Labute approximate surface area is 133 Å². The molecule has 0 amide bonds. The van der Waals surface area contributed by atoms with Crippen molar-refractivity contribution in [3.63, 3.8) is 0 Å².